The minimum atomic E-state index is -4.75. The van der Waals surface area contributed by atoms with Crippen LogP contribution in [0.4, 0.5) is 18.9 Å². The van der Waals surface area contributed by atoms with Gasteiger partial charge in [0.25, 0.3) is 0 Å². The topological polar surface area (TPSA) is 57.0 Å². The second-order valence-corrected chi connectivity index (χ2v) is 4.59. The predicted molar refractivity (Wildman–Crippen MR) is 70.3 cm³/mol. The van der Waals surface area contributed by atoms with E-state index in [9.17, 15) is 13.2 Å². The van der Waals surface area contributed by atoms with Gasteiger partial charge in [-0.15, -0.1) is 13.2 Å². The highest BCUT2D eigenvalue weighted by molar-refractivity contribution is 5.50. The summed E-state index contributed by atoms with van der Waals surface area (Å²) in [4.78, 5) is 2.16. The number of hydrogen-bond donors (Lipinski definition) is 1. The predicted octanol–water partition coefficient (Wildman–Crippen LogP) is 1.88. The number of ether oxygens (including phenoxy) is 3. The molecule has 21 heavy (non-hydrogen) atoms. The maximum atomic E-state index is 12.2. The Hall–Kier alpha value is -1.67. The van der Waals surface area contributed by atoms with Gasteiger partial charge in [0.05, 0.1) is 13.2 Å². The molecule has 0 atom stereocenters. The van der Waals surface area contributed by atoms with Crippen LogP contribution in [0, 0.1) is 0 Å². The summed E-state index contributed by atoms with van der Waals surface area (Å²) >= 11 is 0. The lowest BCUT2D eigenvalue weighted by molar-refractivity contribution is -0.274. The van der Waals surface area contributed by atoms with Crippen LogP contribution < -0.4 is 15.2 Å². The summed E-state index contributed by atoms with van der Waals surface area (Å²) in [6, 6.07) is 3.73. The zero-order valence-electron chi connectivity index (χ0n) is 11.4. The minimum absolute atomic E-state index is 0.151. The molecule has 1 aliphatic rings. The summed E-state index contributed by atoms with van der Waals surface area (Å²) < 4.78 is 51.0. The number of morpholine rings is 1. The smallest absolute Gasteiger partial charge is 0.492 e. The van der Waals surface area contributed by atoms with Gasteiger partial charge in [0.1, 0.15) is 18.1 Å². The van der Waals surface area contributed by atoms with E-state index in [0.717, 1.165) is 19.2 Å². The van der Waals surface area contributed by atoms with E-state index in [-0.39, 0.29) is 17.2 Å². The van der Waals surface area contributed by atoms with Gasteiger partial charge in [-0.05, 0) is 0 Å². The lowest BCUT2D eigenvalue weighted by Crippen LogP contribution is -2.38. The number of nitrogens with zero attached hydrogens (tertiary/aromatic N) is 1. The molecule has 0 aromatic heterocycles. The van der Waals surface area contributed by atoms with E-state index in [0.29, 0.717) is 26.4 Å². The summed E-state index contributed by atoms with van der Waals surface area (Å²) in [7, 11) is 0. The summed E-state index contributed by atoms with van der Waals surface area (Å²) in [5.74, 6) is -0.133. The Labute approximate surface area is 120 Å². The summed E-state index contributed by atoms with van der Waals surface area (Å²) in [6.07, 6.45) is -4.75. The fraction of sp³-hybridized carbons (Fsp3) is 0.538. The molecule has 0 radical (unpaired) electrons. The molecule has 1 aromatic rings. The van der Waals surface area contributed by atoms with Crippen LogP contribution in [0.1, 0.15) is 0 Å². The van der Waals surface area contributed by atoms with Crippen molar-refractivity contribution in [3.63, 3.8) is 0 Å². The average Bonchev–Trinajstić information content (AvgIpc) is 2.37. The number of nitrogens with two attached hydrogens (primary N) is 1. The molecule has 2 N–H and O–H groups in total. The van der Waals surface area contributed by atoms with Crippen LogP contribution in [0.5, 0.6) is 11.5 Å². The third-order valence-electron chi connectivity index (χ3n) is 2.92. The molecule has 0 unspecified atom stereocenters. The van der Waals surface area contributed by atoms with E-state index >= 15 is 0 Å². The number of hydrogen-bond acceptors (Lipinski definition) is 5. The summed E-state index contributed by atoms with van der Waals surface area (Å²) in [5, 5.41) is 0. The van der Waals surface area contributed by atoms with Gasteiger partial charge in [-0.1, -0.05) is 0 Å². The maximum absolute atomic E-state index is 12.2. The molecule has 1 fully saturated rings. The Morgan fingerprint density at radius 1 is 1.14 bits per heavy atom. The molecule has 1 heterocycles. The molecule has 8 heteroatoms. The zero-order chi connectivity index (χ0) is 15.3. The lowest BCUT2D eigenvalue weighted by atomic mass is 10.3. The number of rotatable bonds is 5. The molecular formula is C13H17F3N2O3. The monoisotopic (exact) mass is 306 g/mol. The second kappa shape index (κ2) is 6.86. The fourth-order valence-corrected chi connectivity index (χ4v) is 1.99. The van der Waals surface area contributed by atoms with Gasteiger partial charge >= 0.3 is 6.36 Å². The third kappa shape index (κ3) is 5.68. The van der Waals surface area contributed by atoms with Crippen molar-refractivity contribution >= 4 is 5.69 Å². The van der Waals surface area contributed by atoms with Gasteiger partial charge in [0.2, 0.25) is 0 Å². The third-order valence-corrected chi connectivity index (χ3v) is 2.92. The number of anilines is 1. The van der Waals surface area contributed by atoms with Crippen molar-refractivity contribution in [1.82, 2.24) is 4.90 Å². The molecule has 0 saturated carbocycles. The van der Waals surface area contributed by atoms with Crippen molar-refractivity contribution in [2.24, 2.45) is 0 Å². The standard InChI is InChI=1S/C13H17F3N2O3/c14-13(15,16)21-12-8-10(17)7-11(9-12)20-6-3-18-1-4-19-5-2-18/h7-9H,1-6,17H2. The van der Waals surface area contributed by atoms with Gasteiger partial charge in [0.15, 0.2) is 0 Å². The van der Waals surface area contributed by atoms with Crippen LogP contribution in [0.2, 0.25) is 0 Å². The number of benzene rings is 1. The van der Waals surface area contributed by atoms with Crippen molar-refractivity contribution in [2.45, 2.75) is 6.36 Å². The van der Waals surface area contributed by atoms with Crippen LogP contribution in [0.3, 0.4) is 0 Å². The molecular weight excluding hydrogens is 289 g/mol. The second-order valence-electron chi connectivity index (χ2n) is 4.59. The van der Waals surface area contributed by atoms with E-state index in [1.54, 1.807) is 0 Å². The molecule has 2 rings (SSSR count). The number of halogens is 3. The van der Waals surface area contributed by atoms with Gasteiger partial charge < -0.3 is 19.9 Å². The van der Waals surface area contributed by atoms with Crippen LogP contribution in [-0.2, 0) is 4.74 Å². The Morgan fingerprint density at radius 3 is 2.48 bits per heavy atom. The quantitative estimate of drug-likeness (QED) is 0.842. The average molecular weight is 306 g/mol. The van der Waals surface area contributed by atoms with E-state index in [1.165, 1.54) is 12.1 Å². The SMILES string of the molecule is Nc1cc(OCCN2CCOCC2)cc(OC(F)(F)F)c1. The van der Waals surface area contributed by atoms with Crippen molar-refractivity contribution in [3.05, 3.63) is 18.2 Å². The van der Waals surface area contributed by atoms with Crippen LogP contribution in [0.25, 0.3) is 0 Å². The molecule has 0 spiro atoms. The first kappa shape index (κ1) is 15.7. The van der Waals surface area contributed by atoms with E-state index in [1.807, 2.05) is 0 Å². The fourth-order valence-electron chi connectivity index (χ4n) is 1.99. The Morgan fingerprint density at radius 2 is 1.81 bits per heavy atom. The molecule has 0 amide bonds. The van der Waals surface area contributed by atoms with Gasteiger partial charge in [0, 0.05) is 43.5 Å². The zero-order valence-corrected chi connectivity index (χ0v) is 11.4. The lowest BCUT2D eigenvalue weighted by Gasteiger charge is -2.26. The first-order valence-electron chi connectivity index (χ1n) is 6.51. The molecule has 0 aliphatic carbocycles. The Bertz CT molecular complexity index is 462. The van der Waals surface area contributed by atoms with Gasteiger partial charge in [-0.2, -0.15) is 0 Å². The molecule has 1 aromatic carbocycles. The molecule has 0 bridgehead atoms. The summed E-state index contributed by atoms with van der Waals surface area (Å²) in [5.41, 5.74) is 5.69. The number of alkyl halides is 3. The summed E-state index contributed by atoms with van der Waals surface area (Å²) in [6.45, 7) is 4.04. The highest BCUT2D eigenvalue weighted by atomic mass is 19.4. The van der Waals surface area contributed by atoms with Crippen molar-refractivity contribution < 1.29 is 27.4 Å². The highest BCUT2D eigenvalue weighted by Crippen LogP contribution is 2.29. The molecule has 1 aliphatic heterocycles. The van der Waals surface area contributed by atoms with Crippen molar-refractivity contribution in [2.75, 3.05) is 45.2 Å². The minimum Gasteiger partial charge on any atom is -0.492 e. The van der Waals surface area contributed by atoms with Crippen LogP contribution >= 0.6 is 0 Å². The molecule has 5 nitrogen and oxygen atoms in total. The first-order chi connectivity index (χ1) is 9.92. The Kier molecular flexibility index (Phi) is 5.13. The highest BCUT2D eigenvalue weighted by Gasteiger charge is 2.31. The van der Waals surface area contributed by atoms with Crippen molar-refractivity contribution in [1.29, 1.82) is 0 Å². The van der Waals surface area contributed by atoms with Crippen LogP contribution in [0.15, 0.2) is 18.2 Å². The maximum Gasteiger partial charge on any atom is 0.573 e. The van der Waals surface area contributed by atoms with Gasteiger partial charge in [-0.3, -0.25) is 4.90 Å². The normalized spacial score (nSPS) is 16.7. The first-order valence-corrected chi connectivity index (χ1v) is 6.51. The Balaban J connectivity index is 1.87. The van der Waals surface area contributed by atoms with Crippen LogP contribution in [-0.4, -0.2) is 50.7 Å². The largest absolute Gasteiger partial charge is 0.573 e. The van der Waals surface area contributed by atoms with Gasteiger partial charge in [-0.25, -0.2) is 0 Å². The molecule has 1 saturated heterocycles. The van der Waals surface area contributed by atoms with E-state index in [4.69, 9.17) is 15.2 Å². The number of nitrogen functional groups attached to an aromatic ring is 1. The van der Waals surface area contributed by atoms with E-state index in [2.05, 4.69) is 9.64 Å². The van der Waals surface area contributed by atoms with E-state index < -0.39 is 6.36 Å². The van der Waals surface area contributed by atoms with Crippen molar-refractivity contribution in [3.8, 4) is 11.5 Å². The molecule has 118 valence electrons.